The number of hydrogen-bond acceptors (Lipinski definition) is 4. The summed E-state index contributed by atoms with van der Waals surface area (Å²) in [5.41, 5.74) is 0.978. The van der Waals surface area contributed by atoms with Gasteiger partial charge in [-0.25, -0.2) is 0 Å². The molecular weight excluding hydrogens is 204 g/mol. The predicted octanol–water partition coefficient (Wildman–Crippen LogP) is 0.885. The van der Waals surface area contributed by atoms with Crippen LogP contribution in [0.3, 0.4) is 0 Å². The molecule has 16 heavy (non-hydrogen) atoms. The van der Waals surface area contributed by atoms with Crippen LogP contribution in [0.4, 0.5) is 0 Å². The number of pyridine rings is 1. The van der Waals surface area contributed by atoms with Gasteiger partial charge in [0.05, 0.1) is 13.2 Å². The summed E-state index contributed by atoms with van der Waals surface area (Å²) in [4.78, 5) is 6.39. The number of likely N-dealkylation sites (N-methyl/N-ethyl adjacent to an activating group) is 1. The number of nitrogens with zero attached hydrogens (tertiary/aromatic N) is 2. The number of rotatable bonds is 5. The number of ether oxygens (including phenoxy) is 2. The first-order valence-electron chi connectivity index (χ1n) is 5.49. The van der Waals surface area contributed by atoms with E-state index in [-0.39, 0.29) is 5.60 Å². The van der Waals surface area contributed by atoms with E-state index in [1.54, 1.807) is 13.3 Å². The summed E-state index contributed by atoms with van der Waals surface area (Å²) in [6.45, 7) is 3.09. The molecule has 0 N–H and O–H groups in total. The second-order valence-electron chi connectivity index (χ2n) is 4.25. The minimum absolute atomic E-state index is 0.179. The van der Waals surface area contributed by atoms with Gasteiger partial charge in [0.25, 0.3) is 0 Å². The van der Waals surface area contributed by atoms with Crippen LogP contribution in [0.25, 0.3) is 0 Å². The van der Waals surface area contributed by atoms with Crippen LogP contribution in [0, 0.1) is 0 Å². The fourth-order valence-electron chi connectivity index (χ4n) is 2.14. The summed E-state index contributed by atoms with van der Waals surface area (Å²) in [5, 5.41) is 0. The van der Waals surface area contributed by atoms with Gasteiger partial charge in [0, 0.05) is 38.2 Å². The van der Waals surface area contributed by atoms with Gasteiger partial charge in [0.1, 0.15) is 5.60 Å². The molecule has 0 bridgehead atoms. The Balaban J connectivity index is 2.05. The Labute approximate surface area is 96.2 Å². The van der Waals surface area contributed by atoms with Crippen molar-refractivity contribution in [3.63, 3.8) is 0 Å². The molecule has 0 aromatic carbocycles. The van der Waals surface area contributed by atoms with E-state index >= 15 is 0 Å². The number of methoxy groups -OCH3 is 1. The summed E-state index contributed by atoms with van der Waals surface area (Å²) in [5.74, 6) is 0. The van der Waals surface area contributed by atoms with Gasteiger partial charge in [0.2, 0.25) is 0 Å². The first kappa shape index (κ1) is 11.5. The molecule has 2 rings (SSSR count). The zero-order valence-electron chi connectivity index (χ0n) is 9.85. The SMILES string of the molecule is COCCOC1(c2cccnc2)CN(C)C1. The van der Waals surface area contributed by atoms with Gasteiger partial charge < -0.3 is 9.47 Å². The van der Waals surface area contributed by atoms with Gasteiger partial charge >= 0.3 is 0 Å². The Kier molecular flexibility index (Phi) is 3.53. The Morgan fingerprint density at radius 2 is 2.25 bits per heavy atom. The second kappa shape index (κ2) is 4.91. The van der Waals surface area contributed by atoms with Crippen molar-refractivity contribution in [2.24, 2.45) is 0 Å². The maximum absolute atomic E-state index is 5.96. The highest BCUT2D eigenvalue weighted by atomic mass is 16.5. The lowest BCUT2D eigenvalue weighted by Crippen LogP contribution is -2.59. The lowest BCUT2D eigenvalue weighted by Gasteiger charge is -2.48. The summed E-state index contributed by atoms with van der Waals surface area (Å²) in [6.07, 6.45) is 3.68. The molecule has 88 valence electrons. The van der Waals surface area contributed by atoms with Crippen LogP contribution >= 0.6 is 0 Å². The van der Waals surface area contributed by atoms with Crippen LogP contribution in [-0.4, -0.2) is 50.3 Å². The zero-order chi connectivity index (χ0) is 11.4. The van der Waals surface area contributed by atoms with Crippen molar-refractivity contribution >= 4 is 0 Å². The fourth-order valence-corrected chi connectivity index (χ4v) is 2.14. The predicted molar refractivity (Wildman–Crippen MR) is 61.2 cm³/mol. The van der Waals surface area contributed by atoms with E-state index in [9.17, 15) is 0 Å². The molecule has 0 radical (unpaired) electrons. The Morgan fingerprint density at radius 1 is 1.44 bits per heavy atom. The average molecular weight is 222 g/mol. The van der Waals surface area contributed by atoms with Crippen molar-refractivity contribution < 1.29 is 9.47 Å². The summed E-state index contributed by atoms with van der Waals surface area (Å²) >= 11 is 0. The van der Waals surface area contributed by atoms with Gasteiger partial charge in [-0.2, -0.15) is 0 Å². The van der Waals surface area contributed by atoms with Gasteiger partial charge in [-0.1, -0.05) is 6.07 Å². The van der Waals surface area contributed by atoms with Crippen LogP contribution in [0.1, 0.15) is 5.56 Å². The lowest BCUT2D eigenvalue weighted by molar-refractivity contribution is -0.150. The molecule has 1 aromatic heterocycles. The van der Waals surface area contributed by atoms with Crippen LogP contribution in [0.15, 0.2) is 24.5 Å². The van der Waals surface area contributed by atoms with Crippen molar-refractivity contribution in [1.29, 1.82) is 0 Å². The van der Waals surface area contributed by atoms with Crippen LogP contribution in [0.2, 0.25) is 0 Å². The number of hydrogen-bond donors (Lipinski definition) is 0. The second-order valence-corrected chi connectivity index (χ2v) is 4.25. The lowest BCUT2D eigenvalue weighted by atomic mass is 9.87. The molecule has 1 aliphatic heterocycles. The van der Waals surface area contributed by atoms with Gasteiger partial charge in [0.15, 0.2) is 0 Å². The van der Waals surface area contributed by atoms with Crippen molar-refractivity contribution in [3.8, 4) is 0 Å². The van der Waals surface area contributed by atoms with E-state index in [1.165, 1.54) is 0 Å². The highest BCUT2D eigenvalue weighted by Gasteiger charge is 2.43. The zero-order valence-corrected chi connectivity index (χ0v) is 9.85. The first-order valence-corrected chi connectivity index (χ1v) is 5.49. The summed E-state index contributed by atoms with van der Waals surface area (Å²) in [6, 6.07) is 4.03. The van der Waals surface area contributed by atoms with Crippen LogP contribution in [-0.2, 0) is 15.1 Å². The van der Waals surface area contributed by atoms with Gasteiger partial charge in [-0.3, -0.25) is 9.88 Å². The topological polar surface area (TPSA) is 34.6 Å². The molecule has 1 aliphatic rings. The van der Waals surface area contributed by atoms with E-state index in [0.717, 1.165) is 18.7 Å². The van der Waals surface area contributed by atoms with Gasteiger partial charge in [-0.15, -0.1) is 0 Å². The van der Waals surface area contributed by atoms with Crippen molar-refractivity contribution in [2.75, 3.05) is 40.5 Å². The van der Waals surface area contributed by atoms with Crippen molar-refractivity contribution in [3.05, 3.63) is 30.1 Å². The molecule has 2 heterocycles. The number of likely N-dealkylation sites (tertiary alicyclic amines) is 1. The van der Waals surface area contributed by atoms with Gasteiger partial charge in [-0.05, 0) is 13.1 Å². The normalized spacial score (nSPS) is 19.4. The fraction of sp³-hybridized carbons (Fsp3) is 0.583. The Morgan fingerprint density at radius 3 is 2.81 bits per heavy atom. The Bertz CT molecular complexity index is 323. The minimum atomic E-state index is -0.179. The van der Waals surface area contributed by atoms with E-state index < -0.39 is 0 Å². The molecular formula is C12H18N2O2. The Hall–Kier alpha value is -0.970. The van der Waals surface area contributed by atoms with E-state index in [1.807, 2.05) is 12.3 Å². The highest BCUT2D eigenvalue weighted by molar-refractivity contribution is 5.23. The molecule has 0 saturated carbocycles. The molecule has 4 heteroatoms. The molecule has 0 spiro atoms. The first-order chi connectivity index (χ1) is 7.77. The third-order valence-electron chi connectivity index (χ3n) is 2.90. The quantitative estimate of drug-likeness (QED) is 0.693. The third kappa shape index (κ3) is 2.24. The van der Waals surface area contributed by atoms with Crippen molar-refractivity contribution in [1.82, 2.24) is 9.88 Å². The van der Waals surface area contributed by atoms with E-state index in [4.69, 9.17) is 9.47 Å². The monoisotopic (exact) mass is 222 g/mol. The molecule has 0 aliphatic carbocycles. The maximum Gasteiger partial charge on any atom is 0.120 e. The highest BCUT2D eigenvalue weighted by Crippen LogP contribution is 2.34. The standard InChI is InChI=1S/C12H18N2O2/c1-14-9-12(10-14,16-7-6-15-2)11-4-3-5-13-8-11/h3-5,8H,6-7,9-10H2,1-2H3. The van der Waals surface area contributed by atoms with Crippen molar-refractivity contribution in [2.45, 2.75) is 5.60 Å². The van der Waals surface area contributed by atoms with E-state index in [2.05, 4.69) is 23.0 Å². The minimum Gasteiger partial charge on any atom is -0.382 e. The van der Waals surface area contributed by atoms with E-state index in [0.29, 0.717) is 13.2 Å². The smallest absolute Gasteiger partial charge is 0.120 e. The van der Waals surface area contributed by atoms with Crippen LogP contribution < -0.4 is 0 Å². The third-order valence-corrected chi connectivity index (χ3v) is 2.90. The molecule has 0 unspecified atom stereocenters. The molecule has 0 atom stereocenters. The summed E-state index contributed by atoms with van der Waals surface area (Å²) < 4.78 is 11.0. The van der Waals surface area contributed by atoms with Crippen LogP contribution in [0.5, 0.6) is 0 Å². The molecule has 0 amide bonds. The molecule has 1 fully saturated rings. The number of aromatic nitrogens is 1. The largest absolute Gasteiger partial charge is 0.382 e. The maximum atomic E-state index is 5.96. The summed E-state index contributed by atoms with van der Waals surface area (Å²) in [7, 11) is 3.78. The molecule has 4 nitrogen and oxygen atoms in total. The average Bonchev–Trinajstić information content (AvgIpc) is 2.28. The molecule has 1 saturated heterocycles. The molecule has 1 aromatic rings.